The van der Waals surface area contributed by atoms with Crippen LogP contribution in [0.2, 0.25) is 0 Å². The molecule has 0 aliphatic carbocycles. The van der Waals surface area contributed by atoms with Crippen molar-refractivity contribution in [3.63, 3.8) is 0 Å². The number of hydrogen-bond donors (Lipinski definition) is 1. The molecule has 0 radical (unpaired) electrons. The van der Waals surface area contributed by atoms with Gasteiger partial charge in [0.1, 0.15) is 6.07 Å². The molecule has 3 atom stereocenters. The molecule has 1 aromatic rings. The molecule has 5 nitrogen and oxygen atoms in total. The van der Waals surface area contributed by atoms with Gasteiger partial charge in [-0.2, -0.15) is 5.26 Å². The van der Waals surface area contributed by atoms with Gasteiger partial charge in [-0.1, -0.05) is 0 Å². The quantitative estimate of drug-likeness (QED) is 0.887. The van der Waals surface area contributed by atoms with E-state index in [0.29, 0.717) is 6.04 Å². The van der Waals surface area contributed by atoms with Crippen molar-refractivity contribution in [2.75, 3.05) is 42.5 Å². The number of benzene rings is 1. The number of hydrogen-bond acceptors (Lipinski definition) is 5. The number of nitriles is 1. The number of rotatable bonds is 2. The van der Waals surface area contributed by atoms with Crippen LogP contribution in [0.15, 0.2) is 18.2 Å². The zero-order chi connectivity index (χ0) is 16.4. The molecule has 24 heavy (non-hydrogen) atoms. The van der Waals surface area contributed by atoms with E-state index in [1.807, 2.05) is 6.07 Å². The van der Waals surface area contributed by atoms with Crippen LogP contribution in [0, 0.1) is 11.3 Å². The van der Waals surface area contributed by atoms with Gasteiger partial charge >= 0.3 is 0 Å². The number of morpholine rings is 1. The minimum absolute atomic E-state index is 0. The Bertz CT molecular complexity index is 593. The molecule has 0 spiro atoms. The Hall–Kier alpha value is -1.48. The first-order chi connectivity index (χ1) is 11.1. The van der Waals surface area contributed by atoms with E-state index in [1.54, 1.807) is 0 Å². The van der Waals surface area contributed by atoms with Crippen LogP contribution in [-0.4, -0.2) is 51.0 Å². The molecular formula is C18H27ClN4O. The summed E-state index contributed by atoms with van der Waals surface area (Å²) in [5.74, 6) is 0. The summed E-state index contributed by atoms with van der Waals surface area (Å²) in [6, 6.07) is 9.14. The summed E-state index contributed by atoms with van der Waals surface area (Å²) in [7, 11) is 0. The third kappa shape index (κ3) is 3.94. The fourth-order valence-corrected chi connectivity index (χ4v) is 3.67. The van der Waals surface area contributed by atoms with Crippen LogP contribution < -0.4 is 15.1 Å². The van der Waals surface area contributed by atoms with Crippen LogP contribution in [0.3, 0.4) is 0 Å². The first-order valence-corrected chi connectivity index (χ1v) is 8.50. The number of halogens is 1. The second-order valence-corrected chi connectivity index (χ2v) is 6.72. The van der Waals surface area contributed by atoms with Crippen LogP contribution in [0.5, 0.6) is 0 Å². The molecule has 0 saturated carbocycles. The summed E-state index contributed by atoms with van der Waals surface area (Å²) in [6.07, 6.45) is 0.385. The second kappa shape index (κ2) is 8.06. The highest BCUT2D eigenvalue weighted by Crippen LogP contribution is 2.29. The summed E-state index contributed by atoms with van der Waals surface area (Å²) < 4.78 is 5.80. The number of nitrogens with zero attached hydrogens (tertiary/aromatic N) is 3. The van der Waals surface area contributed by atoms with Crippen molar-refractivity contribution in [1.82, 2.24) is 5.32 Å². The Morgan fingerprint density at radius 3 is 2.54 bits per heavy atom. The van der Waals surface area contributed by atoms with Crippen LogP contribution in [0.25, 0.3) is 0 Å². The Balaban J connectivity index is 0.00000208. The highest BCUT2D eigenvalue weighted by Gasteiger charge is 2.25. The number of piperazine rings is 1. The van der Waals surface area contributed by atoms with Crippen molar-refractivity contribution in [2.24, 2.45) is 0 Å². The van der Waals surface area contributed by atoms with E-state index >= 15 is 0 Å². The maximum Gasteiger partial charge on any atom is 0.101 e. The standard InChI is InChI=1S/C18H26N4O.ClH/c1-13-10-20-6-7-22(13)17-4-5-18(16(8-17)9-19)21-11-14(2)23-15(3)12-21;/h4-5,8,13-15,20H,6-7,10-12H2,1-3H3;1H/t13-,14-,15+;/m0./s1. The zero-order valence-corrected chi connectivity index (χ0v) is 15.5. The maximum atomic E-state index is 9.63. The molecule has 2 heterocycles. The van der Waals surface area contributed by atoms with Gasteiger partial charge in [0.2, 0.25) is 0 Å². The fraction of sp³-hybridized carbons (Fsp3) is 0.611. The molecule has 0 unspecified atom stereocenters. The highest BCUT2D eigenvalue weighted by atomic mass is 35.5. The van der Waals surface area contributed by atoms with E-state index in [2.05, 4.69) is 54.1 Å². The molecule has 0 bridgehead atoms. The molecule has 132 valence electrons. The third-order valence-electron chi connectivity index (χ3n) is 4.69. The molecule has 2 aliphatic rings. The lowest BCUT2D eigenvalue weighted by Crippen LogP contribution is -2.50. The van der Waals surface area contributed by atoms with Crippen molar-refractivity contribution in [3.05, 3.63) is 23.8 Å². The minimum Gasteiger partial charge on any atom is -0.372 e. The summed E-state index contributed by atoms with van der Waals surface area (Å²) in [5, 5.41) is 13.0. The molecule has 3 rings (SSSR count). The molecule has 2 aliphatic heterocycles. The van der Waals surface area contributed by atoms with Crippen molar-refractivity contribution >= 4 is 23.8 Å². The monoisotopic (exact) mass is 350 g/mol. The lowest BCUT2D eigenvalue weighted by Gasteiger charge is -2.38. The molecular weight excluding hydrogens is 324 g/mol. The first-order valence-electron chi connectivity index (χ1n) is 8.50. The Labute approximate surface area is 151 Å². The Kier molecular flexibility index (Phi) is 6.34. The van der Waals surface area contributed by atoms with Gasteiger partial charge in [0, 0.05) is 44.5 Å². The number of anilines is 2. The van der Waals surface area contributed by atoms with Crippen LogP contribution in [-0.2, 0) is 4.74 Å². The van der Waals surface area contributed by atoms with Gasteiger partial charge in [-0.05, 0) is 39.0 Å². The van der Waals surface area contributed by atoms with Crippen LogP contribution in [0.1, 0.15) is 26.3 Å². The lowest BCUT2D eigenvalue weighted by atomic mass is 10.1. The van der Waals surface area contributed by atoms with Gasteiger partial charge in [-0.25, -0.2) is 0 Å². The fourth-order valence-electron chi connectivity index (χ4n) is 3.67. The van der Waals surface area contributed by atoms with Gasteiger partial charge in [0.15, 0.2) is 0 Å². The average molecular weight is 351 g/mol. The SMILES string of the molecule is C[C@@H]1CN(c2ccc(N3CCNC[C@@H]3C)cc2C#N)C[C@H](C)O1.Cl. The maximum absolute atomic E-state index is 9.63. The summed E-state index contributed by atoms with van der Waals surface area (Å²) >= 11 is 0. The van der Waals surface area contributed by atoms with Crippen molar-refractivity contribution in [3.8, 4) is 6.07 Å². The molecule has 2 fully saturated rings. The van der Waals surface area contributed by atoms with E-state index < -0.39 is 0 Å². The molecule has 1 N–H and O–H groups in total. The molecule has 0 amide bonds. The molecule has 2 saturated heterocycles. The molecule has 0 aromatic heterocycles. The largest absolute Gasteiger partial charge is 0.372 e. The summed E-state index contributed by atoms with van der Waals surface area (Å²) in [6.45, 7) is 11.0. The normalized spacial score (nSPS) is 27.3. The van der Waals surface area contributed by atoms with Crippen molar-refractivity contribution < 1.29 is 4.74 Å². The Morgan fingerprint density at radius 2 is 1.92 bits per heavy atom. The van der Waals surface area contributed by atoms with Gasteiger partial charge < -0.3 is 19.9 Å². The average Bonchev–Trinajstić information content (AvgIpc) is 2.54. The number of ether oxygens (including phenoxy) is 1. The van der Waals surface area contributed by atoms with Gasteiger partial charge in [0.05, 0.1) is 23.5 Å². The topological polar surface area (TPSA) is 51.5 Å². The van der Waals surface area contributed by atoms with E-state index in [-0.39, 0.29) is 24.6 Å². The Morgan fingerprint density at radius 1 is 1.21 bits per heavy atom. The van der Waals surface area contributed by atoms with Gasteiger partial charge in [-0.3, -0.25) is 0 Å². The van der Waals surface area contributed by atoms with Crippen molar-refractivity contribution in [2.45, 2.75) is 39.0 Å². The van der Waals surface area contributed by atoms with E-state index in [1.165, 1.54) is 0 Å². The third-order valence-corrected chi connectivity index (χ3v) is 4.69. The van der Waals surface area contributed by atoms with Gasteiger partial charge in [0.25, 0.3) is 0 Å². The predicted octanol–water partition coefficient (Wildman–Crippen LogP) is 2.39. The second-order valence-electron chi connectivity index (χ2n) is 6.72. The zero-order valence-electron chi connectivity index (χ0n) is 14.7. The summed E-state index contributed by atoms with van der Waals surface area (Å²) in [5.41, 5.74) is 2.93. The first kappa shape index (κ1) is 18.9. The van der Waals surface area contributed by atoms with Gasteiger partial charge in [-0.15, -0.1) is 12.4 Å². The van der Waals surface area contributed by atoms with Crippen LogP contribution >= 0.6 is 12.4 Å². The summed E-state index contributed by atoms with van der Waals surface area (Å²) in [4.78, 5) is 4.66. The van der Waals surface area contributed by atoms with E-state index in [4.69, 9.17) is 4.74 Å². The smallest absolute Gasteiger partial charge is 0.101 e. The minimum atomic E-state index is 0. The lowest BCUT2D eigenvalue weighted by molar-refractivity contribution is -0.00522. The van der Waals surface area contributed by atoms with Crippen LogP contribution in [0.4, 0.5) is 11.4 Å². The predicted molar refractivity (Wildman–Crippen MR) is 100 cm³/mol. The van der Waals surface area contributed by atoms with E-state index in [9.17, 15) is 5.26 Å². The molecule has 1 aromatic carbocycles. The molecule has 6 heteroatoms. The number of nitrogens with one attached hydrogen (secondary N) is 1. The highest BCUT2D eigenvalue weighted by molar-refractivity contribution is 5.85. The van der Waals surface area contributed by atoms with E-state index in [0.717, 1.165) is 49.7 Å². The van der Waals surface area contributed by atoms with Crippen molar-refractivity contribution in [1.29, 1.82) is 5.26 Å².